The van der Waals surface area contributed by atoms with Crippen LogP contribution in [0.15, 0.2) is 91.0 Å². The highest BCUT2D eigenvalue weighted by molar-refractivity contribution is 8.23. The van der Waals surface area contributed by atoms with E-state index in [0.29, 0.717) is 15.6 Å². The first-order valence-electron chi connectivity index (χ1n) is 8.86. The van der Waals surface area contributed by atoms with E-state index in [1.54, 1.807) is 24.3 Å². The zero-order valence-corrected chi connectivity index (χ0v) is 16.6. The number of amides is 2. The van der Waals surface area contributed by atoms with Crippen LogP contribution in [-0.2, 0) is 10.2 Å². The molecule has 1 heterocycles. The van der Waals surface area contributed by atoms with Crippen molar-refractivity contribution in [2.24, 2.45) is 0 Å². The first-order valence-corrected chi connectivity index (χ1v) is 10.3. The lowest BCUT2D eigenvalue weighted by Gasteiger charge is -2.41. The Hall–Kier alpha value is -2.76. The van der Waals surface area contributed by atoms with Crippen LogP contribution in [0.25, 0.3) is 0 Å². The van der Waals surface area contributed by atoms with E-state index in [0.717, 1.165) is 11.1 Å². The molecule has 1 aliphatic heterocycles. The normalized spacial score (nSPS) is 16.1. The van der Waals surface area contributed by atoms with Crippen molar-refractivity contribution in [2.45, 2.75) is 5.41 Å². The Bertz CT molecular complexity index is 981. The van der Waals surface area contributed by atoms with Crippen LogP contribution in [0, 0.1) is 0 Å². The SMILES string of the molecule is O=C(c1ccccc1)N1C(=O)C(c2ccccc2)(c2ccccc2)CSC1=S. The first-order chi connectivity index (χ1) is 13.6. The van der Waals surface area contributed by atoms with Crippen LogP contribution in [0.4, 0.5) is 0 Å². The molecule has 0 saturated carbocycles. The molecule has 1 aliphatic rings. The molecule has 3 aromatic rings. The molecule has 3 aromatic carbocycles. The van der Waals surface area contributed by atoms with Gasteiger partial charge in [0, 0.05) is 11.3 Å². The number of imide groups is 1. The van der Waals surface area contributed by atoms with E-state index in [9.17, 15) is 9.59 Å². The maximum absolute atomic E-state index is 13.9. The summed E-state index contributed by atoms with van der Waals surface area (Å²) >= 11 is 6.80. The quantitative estimate of drug-likeness (QED) is 0.470. The van der Waals surface area contributed by atoms with Gasteiger partial charge in [0.15, 0.2) is 0 Å². The summed E-state index contributed by atoms with van der Waals surface area (Å²) in [6, 6.07) is 28.0. The van der Waals surface area contributed by atoms with Crippen LogP contribution in [0.3, 0.4) is 0 Å². The molecule has 5 heteroatoms. The van der Waals surface area contributed by atoms with E-state index in [2.05, 4.69) is 0 Å². The predicted octanol–water partition coefficient (Wildman–Crippen LogP) is 4.67. The average Bonchev–Trinajstić information content (AvgIpc) is 2.76. The molecule has 3 nitrogen and oxygen atoms in total. The molecule has 1 saturated heterocycles. The topological polar surface area (TPSA) is 37.4 Å². The summed E-state index contributed by atoms with van der Waals surface area (Å²) < 4.78 is 0.293. The van der Waals surface area contributed by atoms with Crippen LogP contribution in [0.1, 0.15) is 21.5 Å². The number of hydrogen-bond acceptors (Lipinski definition) is 4. The average molecular weight is 404 g/mol. The summed E-state index contributed by atoms with van der Waals surface area (Å²) in [6.07, 6.45) is 0. The molecule has 0 N–H and O–H groups in total. The van der Waals surface area contributed by atoms with Crippen LogP contribution in [0.5, 0.6) is 0 Å². The highest BCUT2D eigenvalue weighted by atomic mass is 32.2. The van der Waals surface area contributed by atoms with Crippen molar-refractivity contribution in [3.63, 3.8) is 0 Å². The second-order valence-electron chi connectivity index (χ2n) is 6.50. The van der Waals surface area contributed by atoms with Crippen LogP contribution in [0.2, 0.25) is 0 Å². The molecule has 1 fully saturated rings. The number of nitrogens with zero attached hydrogens (tertiary/aromatic N) is 1. The van der Waals surface area contributed by atoms with Crippen molar-refractivity contribution in [1.29, 1.82) is 0 Å². The van der Waals surface area contributed by atoms with Gasteiger partial charge in [0.2, 0.25) is 0 Å². The first kappa shape index (κ1) is 18.6. The van der Waals surface area contributed by atoms with Crippen molar-refractivity contribution >= 4 is 40.1 Å². The van der Waals surface area contributed by atoms with Gasteiger partial charge in [0.1, 0.15) is 9.74 Å². The van der Waals surface area contributed by atoms with Gasteiger partial charge in [-0.15, -0.1) is 0 Å². The van der Waals surface area contributed by atoms with Gasteiger partial charge in [-0.05, 0) is 23.3 Å². The zero-order valence-electron chi connectivity index (χ0n) is 14.9. The lowest BCUT2D eigenvalue weighted by atomic mass is 9.74. The van der Waals surface area contributed by atoms with Gasteiger partial charge < -0.3 is 0 Å². The number of benzene rings is 3. The number of thioether (sulfide) groups is 1. The van der Waals surface area contributed by atoms with Gasteiger partial charge in [-0.1, -0.05) is 103 Å². The van der Waals surface area contributed by atoms with E-state index in [1.165, 1.54) is 16.7 Å². The van der Waals surface area contributed by atoms with Gasteiger partial charge in [-0.3, -0.25) is 9.59 Å². The highest BCUT2D eigenvalue weighted by Crippen LogP contribution is 2.42. The number of carbonyl (C=O) groups excluding carboxylic acids is 2. The lowest BCUT2D eigenvalue weighted by molar-refractivity contribution is -0.129. The Morgan fingerprint density at radius 1 is 0.821 bits per heavy atom. The van der Waals surface area contributed by atoms with Crippen LogP contribution in [-0.4, -0.2) is 26.8 Å². The minimum Gasteiger partial charge on any atom is -0.273 e. The smallest absolute Gasteiger partial charge is 0.266 e. The highest BCUT2D eigenvalue weighted by Gasteiger charge is 2.51. The molecular formula is C23H17NO2S2. The number of carbonyl (C=O) groups is 2. The van der Waals surface area contributed by atoms with Crippen molar-refractivity contribution in [3.8, 4) is 0 Å². The summed E-state index contributed by atoms with van der Waals surface area (Å²) in [6.45, 7) is 0. The third-order valence-corrected chi connectivity index (χ3v) is 6.46. The standard InChI is InChI=1S/C23H17NO2S2/c25-20(17-10-4-1-5-11-17)24-21(26)23(16-28-22(24)27,18-12-6-2-7-13-18)19-14-8-3-9-15-19/h1-15H,16H2. The molecule has 4 rings (SSSR count). The van der Waals surface area contributed by atoms with Crippen LogP contribution >= 0.6 is 24.0 Å². The second-order valence-corrected chi connectivity index (χ2v) is 8.11. The van der Waals surface area contributed by atoms with E-state index in [4.69, 9.17) is 12.2 Å². The lowest BCUT2D eigenvalue weighted by Crippen LogP contribution is -2.56. The second kappa shape index (κ2) is 7.70. The predicted molar refractivity (Wildman–Crippen MR) is 116 cm³/mol. The fraction of sp³-hybridized carbons (Fsp3) is 0.0870. The minimum absolute atomic E-state index is 0.293. The summed E-state index contributed by atoms with van der Waals surface area (Å²) in [5.74, 6) is -0.237. The molecule has 0 aliphatic carbocycles. The molecular weight excluding hydrogens is 386 g/mol. The molecule has 0 unspecified atom stereocenters. The number of rotatable bonds is 3. The fourth-order valence-electron chi connectivity index (χ4n) is 3.48. The molecule has 2 amide bonds. The Morgan fingerprint density at radius 2 is 1.29 bits per heavy atom. The Balaban J connectivity index is 1.87. The van der Waals surface area contributed by atoms with Gasteiger partial charge >= 0.3 is 0 Å². The fourth-order valence-corrected chi connectivity index (χ4v) is 4.91. The van der Waals surface area contributed by atoms with E-state index in [-0.39, 0.29) is 11.8 Å². The van der Waals surface area contributed by atoms with E-state index < -0.39 is 5.41 Å². The van der Waals surface area contributed by atoms with Crippen molar-refractivity contribution in [3.05, 3.63) is 108 Å². The van der Waals surface area contributed by atoms with Crippen LogP contribution < -0.4 is 0 Å². The van der Waals surface area contributed by atoms with Gasteiger partial charge in [0.25, 0.3) is 11.8 Å². The summed E-state index contributed by atoms with van der Waals surface area (Å²) in [4.78, 5) is 28.2. The molecule has 0 atom stereocenters. The Kier molecular flexibility index (Phi) is 5.11. The Morgan fingerprint density at radius 3 is 1.79 bits per heavy atom. The van der Waals surface area contributed by atoms with E-state index in [1.807, 2.05) is 66.7 Å². The number of hydrogen-bond donors (Lipinski definition) is 0. The van der Waals surface area contributed by atoms with Crippen molar-refractivity contribution in [1.82, 2.24) is 4.90 Å². The van der Waals surface area contributed by atoms with Gasteiger partial charge in [-0.25, -0.2) is 4.90 Å². The zero-order chi connectivity index (χ0) is 19.6. The largest absolute Gasteiger partial charge is 0.273 e. The molecule has 0 bridgehead atoms. The molecule has 0 radical (unpaired) electrons. The molecule has 0 aromatic heterocycles. The monoisotopic (exact) mass is 403 g/mol. The third kappa shape index (κ3) is 3.07. The molecule has 28 heavy (non-hydrogen) atoms. The minimum atomic E-state index is -0.972. The third-order valence-electron chi connectivity index (χ3n) is 4.92. The Labute approximate surface area is 173 Å². The summed E-state index contributed by atoms with van der Waals surface area (Å²) in [7, 11) is 0. The molecule has 0 spiro atoms. The van der Waals surface area contributed by atoms with E-state index >= 15 is 0 Å². The summed E-state index contributed by atoms with van der Waals surface area (Å²) in [5.41, 5.74) is 1.18. The maximum Gasteiger partial charge on any atom is 0.266 e. The van der Waals surface area contributed by atoms with Gasteiger partial charge in [-0.2, -0.15) is 0 Å². The number of thiocarbonyl (C=S) groups is 1. The maximum atomic E-state index is 13.9. The molecule has 138 valence electrons. The van der Waals surface area contributed by atoms with Crippen molar-refractivity contribution in [2.75, 3.05) is 5.75 Å². The summed E-state index contributed by atoms with van der Waals surface area (Å²) in [5, 5.41) is 0. The van der Waals surface area contributed by atoms with Crippen molar-refractivity contribution < 1.29 is 9.59 Å². The van der Waals surface area contributed by atoms with Gasteiger partial charge in [0.05, 0.1) is 0 Å².